The largest absolute Gasteiger partial charge is 0.368 e. The van der Waals surface area contributed by atoms with Crippen molar-refractivity contribution in [2.75, 3.05) is 0 Å². The van der Waals surface area contributed by atoms with Crippen LogP contribution in [-0.2, 0) is 16.0 Å². The van der Waals surface area contributed by atoms with Crippen molar-refractivity contribution in [1.29, 1.82) is 0 Å². The fourth-order valence-electron chi connectivity index (χ4n) is 3.01. The summed E-state index contributed by atoms with van der Waals surface area (Å²) in [5.74, 6) is -0.0608. The highest BCUT2D eigenvalue weighted by Crippen LogP contribution is 2.27. The highest BCUT2D eigenvalue weighted by molar-refractivity contribution is 5.86. The van der Waals surface area contributed by atoms with E-state index < -0.39 is 11.9 Å². The third kappa shape index (κ3) is 4.59. The van der Waals surface area contributed by atoms with E-state index in [0.717, 1.165) is 24.0 Å². The van der Waals surface area contributed by atoms with Crippen LogP contribution in [0.4, 0.5) is 0 Å². The molecule has 2 amide bonds. The quantitative estimate of drug-likeness (QED) is 0.841. The van der Waals surface area contributed by atoms with Gasteiger partial charge in [0.2, 0.25) is 11.8 Å². The summed E-state index contributed by atoms with van der Waals surface area (Å²) in [5.41, 5.74) is 7.59. The maximum atomic E-state index is 12.1. The van der Waals surface area contributed by atoms with E-state index in [0.29, 0.717) is 18.8 Å². The molecular formula is C17H24N2O2. The Bertz CT molecular complexity index is 507. The molecule has 0 bridgehead atoms. The Labute approximate surface area is 126 Å². The predicted molar refractivity (Wildman–Crippen MR) is 82.6 cm³/mol. The monoisotopic (exact) mass is 288 g/mol. The second-order valence-corrected chi connectivity index (χ2v) is 6.01. The molecule has 0 spiro atoms. The van der Waals surface area contributed by atoms with E-state index in [2.05, 4.69) is 5.32 Å². The van der Waals surface area contributed by atoms with Gasteiger partial charge in [-0.15, -0.1) is 0 Å². The Morgan fingerprint density at radius 2 is 1.95 bits per heavy atom. The minimum Gasteiger partial charge on any atom is -0.368 e. The van der Waals surface area contributed by atoms with Crippen LogP contribution in [0.5, 0.6) is 0 Å². The number of hydrogen-bond acceptors (Lipinski definition) is 2. The first-order chi connectivity index (χ1) is 10.1. The van der Waals surface area contributed by atoms with Crippen molar-refractivity contribution < 1.29 is 9.59 Å². The number of hydrogen-bond donors (Lipinski definition) is 2. The Morgan fingerprint density at radius 1 is 1.29 bits per heavy atom. The van der Waals surface area contributed by atoms with E-state index in [-0.39, 0.29) is 5.91 Å². The molecule has 4 nitrogen and oxygen atoms in total. The highest BCUT2D eigenvalue weighted by Gasteiger charge is 2.23. The van der Waals surface area contributed by atoms with E-state index in [1.54, 1.807) is 0 Å². The van der Waals surface area contributed by atoms with Gasteiger partial charge < -0.3 is 11.1 Å². The van der Waals surface area contributed by atoms with Crippen LogP contribution < -0.4 is 11.1 Å². The average Bonchev–Trinajstić information content (AvgIpc) is 2.93. The number of amides is 2. The van der Waals surface area contributed by atoms with Gasteiger partial charge in [-0.1, -0.05) is 37.1 Å². The standard InChI is InChI=1S/C17H24N2O2/c1-12-6-2-5-9-14(12)11-15(17(18)21)19-16(20)10-13-7-3-4-8-13/h2,5-6,9,13,15H,3-4,7-8,10-11H2,1H3,(H2,18,21)(H,19,20)/t15-/m0/s1. The van der Waals surface area contributed by atoms with Crippen molar-refractivity contribution in [3.05, 3.63) is 35.4 Å². The predicted octanol–water partition coefficient (Wildman–Crippen LogP) is 2.09. The lowest BCUT2D eigenvalue weighted by Crippen LogP contribution is -2.46. The van der Waals surface area contributed by atoms with Gasteiger partial charge in [-0.25, -0.2) is 0 Å². The van der Waals surface area contributed by atoms with E-state index in [9.17, 15) is 9.59 Å². The van der Waals surface area contributed by atoms with Crippen molar-refractivity contribution in [2.24, 2.45) is 11.7 Å². The maximum Gasteiger partial charge on any atom is 0.240 e. The lowest BCUT2D eigenvalue weighted by atomic mass is 9.99. The van der Waals surface area contributed by atoms with Gasteiger partial charge in [-0.2, -0.15) is 0 Å². The van der Waals surface area contributed by atoms with Gasteiger partial charge in [0, 0.05) is 12.8 Å². The Hall–Kier alpha value is -1.84. The van der Waals surface area contributed by atoms with Crippen molar-refractivity contribution in [3.63, 3.8) is 0 Å². The highest BCUT2D eigenvalue weighted by atomic mass is 16.2. The summed E-state index contributed by atoms with van der Waals surface area (Å²) >= 11 is 0. The van der Waals surface area contributed by atoms with Gasteiger partial charge in [0.25, 0.3) is 0 Å². The Balaban J connectivity index is 1.94. The Morgan fingerprint density at radius 3 is 2.57 bits per heavy atom. The van der Waals surface area contributed by atoms with Crippen LogP contribution in [0.3, 0.4) is 0 Å². The number of rotatable bonds is 6. The number of aryl methyl sites for hydroxylation is 1. The number of benzene rings is 1. The third-order valence-electron chi connectivity index (χ3n) is 4.31. The second-order valence-electron chi connectivity index (χ2n) is 6.01. The van der Waals surface area contributed by atoms with E-state index in [1.165, 1.54) is 12.8 Å². The lowest BCUT2D eigenvalue weighted by Gasteiger charge is -2.18. The summed E-state index contributed by atoms with van der Waals surface area (Å²) in [6, 6.07) is 7.22. The number of primary amides is 1. The second kappa shape index (κ2) is 7.25. The molecule has 0 heterocycles. The molecule has 0 aliphatic heterocycles. The van der Waals surface area contributed by atoms with Crippen LogP contribution in [0.25, 0.3) is 0 Å². The summed E-state index contributed by atoms with van der Waals surface area (Å²) in [5, 5.41) is 2.81. The van der Waals surface area contributed by atoms with Crippen molar-refractivity contribution in [1.82, 2.24) is 5.32 Å². The molecule has 1 aliphatic rings. The first-order valence-electron chi connectivity index (χ1n) is 7.69. The average molecular weight is 288 g/mol. The first kappa shape index (κ1) is 15.5. The van der Waals surface area contributed by atoms with Crippen LogP contribution in [-0.4, -0.2) is 17.9 Å². The molecule has 0 aromatic heterocycles. The molecule has 4 heteroatoms. The molecule has 1 aromatic carbocycles. The lowest BCUT2D eigenvalue weighted by molar-refractivity contribution is -0.127. The minimum absolute atomic E-state index is 0.0562. The van der Waals surface area contributed by atoms with Gasteiger partial charge in [0.05, 0.1) is 0 Å². The van der Waals surface area contributed by atoms with E-state index in [1.807, 2.05) is 31.2 Å². The number of nitrogens with one attached hydrogen (secondary N) is 1. The molecule has 2 rings (SSSR count). The van der Waals surface area contributed by atoms with Gasteiger partial charge in [0.1, 0.15) is 6.04 Å². The minimum atomic E-state index is -0.625. The summed E-state index contributed by atoms with van der Waals surface area (Å²) in [4.78, 5) is 23.7. The number of carbonyl (C=O) groups excluding carboxylic acids is 2. The summed E-state index contributed by atoms with van der Waals surface area (Å²) < 4.78 is 0. The summed E-state index contributed by atoms with van der Waals surface area (Å²) in [7, 11) is 0. The van der Waals surface area contributed by atoms with Crippen LogP contribution in [0, 0.1) is 12.8 Å². The molecule has 3 N–H and O–H groups in total. The Kier molecular flexibility index (Phi) is 5.37. The molecule has 0 unspecified atom stereocenters. The number of carbonyl (C=O) groups is 2. The van der Waals surface area contributed by atoms with Gasteiger partial charge in [-0.3, -0.25) is 9.59 Å². The smallest absolute Gasteiger partial charge is 0.240 e. The fourth-order valence-corrected chi connectivity index (χ4v) is 3.01. The molecule has 1 atom stereocenters. The normalized spacial score (nSPS) is 16.6. The maximum absolute atomic E-state index is 12.1. The topological polar surface area (TPSA) is 72.2 Å². The van der Waals surface area contributed by atoms with Gasteiger partial charge >= 0.3 is 0 Å². The van der Waals surface area contributed by atoms with Gasteiger partial charge in [-0.05, 0) is 36.8 Å². The zero-order valence-corrected chi connectivity index (χ0v) is 12.6. The molecule has 114 valence electrons. The van der Waals surface area contributed by atoms with Crippen LogP contribution in [0.2, 0.25) is 0 Å². The van der Waals surface area contributed by atoms with Gasteiger partial charge in [0.15, 0.2) is 0 Å². The molecule has 0 radical (unpaired) electrons. The molecular weight excluding hydrogens is 264 g/mol. The van der Waals surface area contributed by atoms with Crippen molar-refractivity contribution in [3.8, 4) is 0 Å². The summed E-state index contributed by atoms with van der Waals surface area (Å²) in [6.45, 7) is 1.99. The van der Waals surface area contributed by atoms with E-state index in [4.69, 9.17) is 5.73 Å². The molecule has 0 saturated heterocycles. The SMILES string of the molecule is Cc1ccccc1C[C@H](NC(=O)CC1CCCC1)C(N)=O. The number of nitrogens with two attached hydrogens (primary N) is 1. The fraction of sp³-hybridized carbons (Fsp3) is 0.529. The molecule has 21 heavy (non-hydrogen) atoms. The molecule has 1 fully saturated rings. The molecule has 1 aliphatic carbocycles. The van der Waals surface area contributed by atoms with Crippen molar-refractivity contribution >= 4 is 11.8 Å². The van der Waals surface area contributed by atoms with Crippen LogP contribution in [0.15, 0.2) is 24.3 Å². The molecule has 1 aromatic rings. The van der Waals surface area contributed by atoms with E-state index >= 15 is 0 Å². The zero-order chi connectivity index (χ0) is 15.2. The zero-order valence-electron chi connectivity index (χ0n) is 12.6. The molecule has 1 saturated carbocycles. The third-order valence-corrected chi connectivity index (χ3v) is 4.31. The van der Waals surface area contributed by atoms with Crippen LogP contribution in [0.1, 0.15) is 43.2 Å². The van der Waals surface area contributed by atoms with Crippen LogP contribution >= 0.6 is 0 Å². The first-order valence-corrected chi connectivity index (χ1v) is 7.69. The van der Waals surface area contributed by atoms with Crippen molar-refractivity contribution in [2.45, 2.75) is 51.5 Å². The summed E-state index contributed by atoms with van der Waals surface area (Å²) in [6.07, 6.45) is 5.62.